The predicted molar refractivity (Wildman–Crippen MR) is 85.4 cm³/mol. The molecule has 2 atom stereocenters. The second kappa shape index (κ2) is 7.71. The van der Waals surface area contributed by atoms with Crippen LogP contribution in [-0.2, 0) is 4.74 Å². The van der Waals surface area contributed by atoms with Crippen LogP contribution in [-0.4, -0.2) is 17.6 Å². The van der Waals surface area contributed by atoms with Gasteiger partial charge in [-0.25, -0.2) is 4.39 Å². The molecule has 0 radical (unpaired) electrons. The van der Waals surface area contributed by atoms with E-state index in [1.807, 2.05) is 6.07 Å². The largest absolute Gasteiger partial charge is 0.372 e. The second-order valence-corrected chi connectivity index (χ2v) is 4.76. The van der Waals surface area contributed by atoms with Gasteiger partial charge in [0, 0.05) is 36.2 Å². The lowest BCUT2D eigenvalue weighted by Gasteiger charge is -2.15. The zero-order valence-corrected chi connectivity index (χ0v) is 12.9. The minimum Gasteiger partial charge on any atom is -0.372 e. The van der Waals surface area contributed by atoms with Gasteiger partial charge < -0.3 is 10.5 Å². The SMILES string of the molecule is Cl.Cl.NC1CCOC1c1cncc(-c2ccc(F)cc2)c1. The van der Waals surface area contributed by atoms with Crippen molar-refractivity contribution in [3.05, 3.63) is 54.1 Å². The Hall–Kier alpha value is -1.20. The highest BCUT2D eigenvalue weighted by molar-refractivity contribution is 5.85. The monoisotopic (exact) mass is 330 g/mol. The molecule has 6 heteroatoms. The normalized spacial score (nSPS) is 20.5. The summed E-state index contributed by atoms with van der Waals surface area (Å²) in [5.74, 6) is -0.242. The second-order valence-electron chi connectivity index (χ2n) is 4.76. The van der Waals surface area contributed by atoms with Crippen LogP contribution in [0.15, 0.2) is 42.7 Å². The first-order valence-electron chi connectivity index (χ1n) is 6.32. The highest BCUT2D eigenvalue weighted by atomic mass is 35.5. The molecule has 0 spiro atoms. The molecule has 1 aromatic heterocycles. The first-order valence-corrected chi connectivity index (χ1v) is 6.32. The summed E-state index contributed by atoms with van der Waals surface area (Å²) in [4.78, 5) is 4.23. The van der Waals surface area contributed by atoms with Crippen molar-refractivity contribution >= 4 is 24.8 Å². The molecule has 2 unspecified atom stereocenters. The third-order valence-electron chi connectivity index (χ3n) is 3.40. The summed E-state index contributed by atoms with van der Waals surface area (Å²) < 4.78 is 18.6. The fourth-order valence-corrected chi connectivity index (χ4v) is 2.36. The van der Waals surface area contributed by atoms with Crippen LogP contribution in [0.3, 0.4) is 0 Å². The van der Waals surface area contributed by atoms with Crippen LogP contribution < -0.4 is 5.73 Å². The van der Waals surface area contributed by atoms with Crippen LogP contribution in [0.25, 0.3) is 11.1 Å². The van der Waals surface area contributed by atoms with Crippen LogP contribution in [0.5, 0.6) is 0 Å². The van der Waals surface area contributed by atoms with Crippen molar-refractivity contribution in [3.8, 4) is 11.1 Å². The van der Waals surface area contributed by atoms with Gasteiger partial charge in [0.25, 0.3) is 0 Å². The van der Waals surface area contributed by atoms with E-state index in [9.17, 15) is 4.39 Å². The fraction of sp³-hybridized carbons (Fsp3) is 0.267. The number of hydrogen-bond donors (Lipinski definition) is 1. The molecule has 2 aromatic rings. The molecule has 21 heavy (non-hydrogen) atoms. The molecule has 114 valence electrons. The average Bonchev–Trinajstić information content (AvgIpc) is 2.86. The highest BCUT2D eigenvalue weighted by Gasteiger charge is 2.26. The molecule has 1 fully saturated rings. The summed E-state index contributed by atoms with van der Waals surface area (Å²) >= 11 is 0. The summed E-state index contributed by atoms with van der Waals surface area (Å²) in [5, 5.41) is 0. The first kappa shape index (κ1) is 17.9. The number of rotatable bonds is 2. The number of ether oxygens (including phenoxy) is 1. The van der Waals surface area contributed by atoms with Crippen molar-refractivity contribution in [2.45, 2.75) is 18.6 Å². The lowest BCUT2D eigenvalue weighted by molar-refractivity contribution is 0.105. The third-order valence-corrected chi connectivity index (χ3v) is 3.40. The van der Waals surface area contributed by atoms with E-state index in [-0.39, 0.29) is 42.8 Å². The molecule has 1 aromatic carbocycles. The third kappa shape index (κ3) is 3.92. The van der Waals surface area contributed by atoms with Gasteiger partial charge in [-0.05, 0) is 30.2 Å². The van der Waals surface area contributed by atoms with Crippen molar-refractivity contribution in [3.63, 3.8) is 0 Å². The number of nitrogens with two attached hydrogens (primary N) is 1. The van der Waals surface area contributed by atoms with Gasteiger partial charge in [0.1, 0.15) is 5.82 Å². The van der Waals surface area contributed by atoms with Gasteiger partial charge in [0.05, 0.1) is 6.10 Å². The van der Waals surface area contributed by atoms with E-state index in [1.54, 1.807) is 24.5 Å². The number of hydrogen-bond acceptors (Lipinski definition) is 3. The maximum atomic E-state index is 12.9. The number of aromatic nitrogens is 1. The Labute approximate surface area is 135 Å². The van der Waals surface area contributed by atoms with Gasteiger partial charge in [-0.1, -0.05) is 12.1 Å². The standard InChI is InChI=1S/C15H15FN2O.2ClH/c16-13-3-1-10(2-4-13)11-7-12(9-18-8-11)15-14(17)5-6-19-15;;/h1-4,7-9,14-15H,5-6,17H2;2*1H. The molecule has 0 amide bonds. The highest BCUT2D eigenvalue weighted by Crippen LogP contribution is 2.30. The lowest BCUT2D eigenvalue weighted by atomic mass is 10.0. The van der Waals surface area contributed by atoms with Crippen LogP contribution in [0.4, 0.5) is 4.39 Å². The number of nitrogens with zero attached hydrogens (tertiary/aromatic N) is 1. The molecular formula is C15H17Cl2FN2O. The van der Waals surface area contributed by atoms with Gasteiger partial charge in [-0.3, -0.25) is 4.98 Å². The molecule has 3 rings (SSSR count). The van der Waals surface area contributed by atoms with Crippen LogP contribution in [0.1, 0.15) is 18.1 Å². The molecule has 1 saturated heterocycles. The molecule has 2 N–H and O–H groups in total. The summed E-state index contributed by atoms with van der Waals surface area (Å²) in [6.07, 6.45) is 4.32. The van der Waals surface area contributed by atoms with E-state index in [0.29, 0.717) is 6.61 Å². The topological polar surface area (TPSA) is 48.1 Å². The van der Waals surface area contributed by atoms with E-state index >= 15 is 0 Å². The predicted octanol–water partition coefficient (Wildman–Crippen LogP) is 3.52. The average molecular weight is 331 g/mol. The van der Waals surface area contributed by atoms with Crippen molar-refractivity contribution in [1.29, 1.82) is 0 Å². The van der Waals surface area contributed by atoms with Crippen LogP contribution in [0.2, 0.25) is 0 Å². The molecule has 0 saturated carbocycles. The Morgan fingerprint density at radius 3 is 2.43 bits per heavy atom. The van der Waals surface area contributed by atoms with Gasteiger partial charge in [0.2, 0.25) is 0 Å². The summed E-state index contributed by atoms with van der Waals surface area (Å²) in [6.45, 7) is 0.687. The molecule has 1 aliphatic heterocycles. The molecule has 2 heterocycles. The Balaban J connectivity index is 0.00000110. The zero-order chi connectivity index (χ0) is 13.2. The molecule has 0 aliphatic carbocycles. The van der Waals surface area contributed by atoms with Gasteiger partial charge in [-0.15, -0.1) is 24.8 Å². The fourth-order valence-electron chi connectivity index (χ4n) is 2.36. The molecule has 3 nitrogen and oxygen atoms in total. The van der Waals surface area contributed by atoms with Crippen molar-refractivity contribution < 1.29 is 9.13 Å². The van der Waals surface area contributed by atoms with Gasteiger partial charge >= 0.3 is 0 Å². The van der Waals surface area contributed by atoms with Gasteiger partial charge in [0.15, 0.2) is 0 Å². The summed E-state index contributed by atoms with van der Waals surface area (Å²) in [7, 11) is 0. The van der Waals surface area contributed by atoms with E-state index < -0.39 is 0 Å². The van der Waals surface area contributed by atoms with Crippen LogP contribution >= 0.6 is 24.8 Å². The number of pyridine rings is 1. The minimum atomic E-state index is -0.242. The Morgan fingerprint density at radius 2 is 1.81 bits per heavy atom. The number of benzene rings is 1. The van der Waals surface area contributed by atoms with Crippen molar-refractivity contribution in [2.24, 2.45) is 5.73 Å². The summed E-state index contributed by atoms with van der Waals surface area (Å²) in [5.41, 5.74) is 8.87. The Morgan fingerprint density at radius 1 is 1.10 bits per heavy atom. The quantitative estimate of drug-likeness (QED) is 0.916. The summed E-state index contributed by atoms with van der Waals surface area (Å²) in [6, 6.07) is 8.40. The van der Waals surface area contributed by atoms with E-state index in [2.05, 4.69) is 4.98 Å². The van der Waals surface area contributed by atoms with E-state index in [1.165, 1.54) is 12.1 Å². The minimum absolute atomic E-state index is 0. The van der Waals surface area contributed by atoms with Crippen molar-refractivity contribution in [1.82, 2.24) is 4.98 Å². The molecule has 0 bridgehead atoms. The maximum Gasteiger partial charge on any atom is 0.123 e. The van der Waals surface area contributed by atoms with E-state index in [0.717, 1.165) is 23.1 Å². The first-order chi connectivity index (χ1) is 9.24. The molecular weight excluding hydrogens is 314 g/mol. The van der Waals surface area contributed by atoms with Crippen molar-refractivity contribution in [2.75, 3.05) is 6.61 Å². The smallest absolute Gasteiger partial charge is 0.123 e. The Bertz CT molecular complexity index is 580. The Kier molecular flexibility index (Phi) is 6.55. The van der Waals surface area contributed by atoms with E-state index in [4.69, 9.17) is 10.5 Å². The maximum absolute atomic E-state index is 12.9. The van der Waals surface area contributed by atoms with Gasteiger partial charge in [-0.2, -0.15) is 0 Å². The molecule has 1 aliphatic rings. The number of halogens is 3. The lowest BCUT2D eigenvalue weighted by Crippen LogP contribution is -2.23. The zero-order valence-electron chi connectivity index (χ0n) is 11.2. The van der Waals surface area contributed by atoms with Crippen LogP contribution in [0, 0.1) is 5.82 Å².